The Morgan fingerprint density at radius 2 is 1.85 bits per heavy atom. The van der Waals surface area contributed by atoms with Crippen LogP contribution >= 0.6 is 11.8 Å². The lowest BCUT2D eigenvalue weighted by Gasteiger charge is -2.16. The number of anilines is 1. The standard InChI is InChI=1S/C23H25N5O3S2/c1-2-13-28-22(18-9-4-3-5-10-18)25-26-23(28)32-17-21(29)24-19-11-8-12-20(16-19)33(30,31)27-14-6-7-15-27/h2-5,8-12,16H,1,6-7,13-15,17H2,(H,24,29). The fourth-order valence-corrected chi connectivity index (χ4v) is 5.94. The highest BCUT2D eigenvalue weighted by Crippen LogP contribution is 2.25. The largest absolute Gasteiger partial charge is 0.325 e. The van der Waals surface area contributed by atoms with Gasteiger partial charge < -0.3 is 5.32 Å². The van der Waals surface area contributed by atoms with E-state index in [0.717, 1.165) is 18.4 Å². The monoisotopic (exact) mass is 483 g/mol. The topological polar surface area (TPSA) is 97.2 Å². The number of allylic oxidation sites excluding steroid dienone is 1. The van der Waals surface area contributed by atoms with Crippen LogP contribution in [0, 0.1) is 0 Å². The molecule has 4 rings (SSSR count). The quantitative estimate of drug-likeness (QED) is 0.369. The van der Waals surface area contributed by atoms with Crippen molar-refractivity contribution in [1.82, 2.24) is 19.1 Å². The van der Waals surface area contributed by atoms with Crippen LogP contribution in [0.5, 0.6) is 0 Å². The van der Waals surface area contributed by atoms with Gasteiger partial charge in [-0.25, -0.2) is 8.42 Å². The van der Waals surface area contributed by atoms with Crippen LogP contribution in [-0.2, 0) is 21.4 Å². The second kappa shape index (κ2) is 10.3. The summed E-state index contributed by atoms with van der Waals surface area (Å²) in [6.45, 7) is 5.38. The van der Waals surface area contributed by atoms with Gasteiger partial charge in [0.15, 0.2) is 11.0 Å². The van der Waals surface area contributed by atoms with E-state index in [0.29, 0.717) is 36.3 Å². The molecule has 10 heteroatoms. The zero-order valence-corrected chi connectivity index (χ0v) is 19.7. The molecule has 1 fully saturated rings. The molecule has 0 bridgehead atoms. The SMILES string of the molecule is C=CCn1c(SCC(=O)Nc2cccc(S(=O)(=O)N3CCCC3)c2)nnc1-c1ccccc1. The minimum Gasteiger partial charge on any atom is -0.325 e. The number of hydrogen-bond donors (Lipinski definition) is 1. The first-order chi connectivity index (χ1) is 16.0. The average Bonchev–Trinajstić information content (AvgIpc) is 3.50. The first-order valence-corrected chi connectivity index (χ1v) is 13.0. The third-order valence-electron chi connectivity index (χ3n) is 5.21. The number of rotatable bonds is 9. The van der Waals surface area contributed by atoms with Crippen molar-refractivity contribution in [1.29, 1.82) is 0 Å². The molecule has 0 saturated carbocycles. The van der Waals surface area contributed by atoms with Gasteiger partial charge in [-0.3, -0.25) is 9.36 Å². The van der Waals surface area contributed by atoms with Crippen molar-refractivity contribution in [3.05, 3.63) is 67.3 Å². The minimum absolute atomic E-state index is 0.104. The molecule has 1 saturated heterocycles. The molecule has 1 aromatic heterocycles. The first kappa shape index (κ1) is 23.2. The van der Waals surface area contributed by atoms with Crippen molar-refractivity contribution < 1.29 is 13.2 Å². The number of amides is 1. The summed E-state index contributed by atoms with van der Waals surface area (Å²) in [7, 11) is -3.54. The lowest BCUT2D eigenvalue weighted by molar-refractivity contribution is -0.113. The zero-order valence-electron chi connectivity index (χ0n) is 18.1. The van der Waals surface area contributed by atoms with Crippen molar-refractivity contribution >= 4 is 33.4 Å². The van der Waals surface area contributed by atoms with E-state index in [2.05, 4.69) is 22.1 Å². The lowest BCUT2D eigenvalue weighted by atomic mass is 10.2. The Labute approximate surface area is 197 Å². The third-order valence-corrected chi connectivity index (χ3v) is 8.07. The van der Waals surface area contributed by atoms with E-state index < -0.39 is 10.0 Å². The van der Waals surface area contributed by atoms with E-state index in [4.69, 9.17) is 0 Å². The Kier molecular flexibility index (Phi) is 7.26. The van der Waals surface area contributed by atoms with Gasteiger partial charge in [0.2, 0.25) is 15.9 Å². The molecule has 0 aliphatic carbocycles. The third kappa shape index (κ3) is 5.35. The summed E-state index contributed by atoms with van der Waals surface area (Å²) in [5.74, 6) is 0.552. The number of nitrogens with zero attached hydrogens (tertiary/aromatic N) is 4. The molecule has 2 aromatic carbocycles. The molecule has 1 aliphatic rings. The van der Waals surface area contributed by atoms with Crippen LogP contribution in [0.2, 0.25) is 0 Å². The number of nitrogens with one attached hydrogen (secondary N) is 1. The van der Waals surface area contributed by atoms with Gasteiger partial charge in [0.1, 0.15) is 0 Å². The minimum atomic E-state index is -3.54. The normalized spacial score (nSPS) is 14.3. The summed E-state index contributed by atoms with van der Waals surface area (Å²) in [4.78, 5) is 12.8. The fourth-order valence-electron chi connectivity index (χ4n) is 3.63. The molecule has 3 aromatic rings. The summed E-state index contributed by atoms with van der Waals surface area (Å²) in [6, 6.07) is 16.1. The van der Waals surface area contributed by atoms with E-state index in [1.54, 1.807) is 24.3 Å². The maximum atomic E-state index is 12.8. The summed E-state index contributed by atoms with van der Waals surface area (Å²) in [6.07, 6.45) is 3.50. The van der Waals surface area contributed by atoms with Crippen LogP contribution in [0.3, 0.4) is 0 Å². The molecule has 0 spiro atoms. The number of thioether (sulfide) groups is 1. The molecule has 1 amide bonds. The molecule has 8 nitrogen and oxygen atoms in total. The van der Waals surface area contributed by atoms with Crippen LogP contribution < -0.4 is 5.32 Å². The second-order valence-electron chi connectivity index (χ2n) is 7.55. The van der Waals surface area contributed by atoms with E-state index in [1.165, 1.54) is 22.1 Å². The maximum absolute atomic E-state index is 12.8. The van der Waals surface area contributed by atoms with Gasteiger partial charge >= 0.3 is 0 Å². The van der Waals surface area contributed by atoms with Crippen molar-refractivity contribution in [3.8, 4) is 11.4 Å². The van der Waals surface area contributed by atoms with Gasteiger partial charge in [0.25, 0.3) is 0 Å². The van der Waals surface area contributed by atoms with Crippen molar-refractivity contribution in [2.45, 2.75) is 29.4 Å². The molecule has 2 heterocycles. The molecule has 0 atom stereocenters. The Bertz CT molecular complexity index is 1240. The summed E-state index contributed by atoms with van der Waals surface area (Å²) >= 11 is 1.26. The summed E-state index contributed by atoms with van der Waals surface area (Å²) in [5, 5.41) is 11.9. The van der Waals surface area contributed by atoms with Crippen molar-refractivity contribution in [3.63, 3.8) is 0 Å². The van der Waals surface area contributed by atoms with Crippen LogP contribution in [0.25, 0.3) is 11.4 Å². The van der Waals surface area contributed by atoms with Crippen LogP contribution in [0.1, 0.15) is 12.8 Å². The van der Waals surface area contributed by atoms with Gasteiger partial charge in [0.05, 0.1) is 10.6 Å². The number of benzene rings is 2. The van der Waals surface area contributed by atoms with Gasteiger partial charge in [-0.05, 0) is 31.0 Å². The highest BCUT2D eigenvalue weighted by molar-refractivity contribution is 7.99. The number of sulfonamides is 1. The summed E-state index contributed by atoms with van der Waals surface area (Å²) < 4.78 is 29.0. The number of carbonyl (C=O) groups is 1. The van der Waals surface area contributed by atoms with Crippen LogP contribution in [-0.4, -0.2) is 52.2 Å². The number of hydrogen-bond acceptors (Lipinski definition) is 6. The number of carbonyl (C=O) groups excluding carboxylic acids is 1. The Morgan fingerprint density at radius 3 is 2.58 bits per heavy atom. The molecular weight excluding hydrogens is 458 g/mol. The Balaban J connectivity index is 1.43. The van der Waals surface area contributed by atoms with Crippen LogP contribution in [0.15, 0.2) is 77.3 Å². The molecule has 1 aliphatic heterocycles. The predicted molar refractivity (Wildman–Crippen MR) is 129 cm³/mol. The maximum Gasteiger partial charge on any atom is 0.243 e. The number of aromatic nitrogens is 3. The van der Waals surface area contributed by atoms with Gasteiger partial charge in [-0.15, -0.1) is 16.8 Å². The van der Waals surface area contributed by atoms with Crippen LogP contribution in [0.4, 0.5) is 5.69 Å². The van der Waals surface area contributed by atoms with E-state index in [9.17, 15) is 13.2 Å². The van der Waals surface area contributed by atoms with E-state index in [-0.39, 0.29) is 16.6 Å². The predicted octanol–water partition coefficient (Wildman–Crippen LogP) is 3.65. The molecular formula is C23H25N5O3S2. The van der Waals surface area contributed by atoms with Gasteiger partial charge in [0, 0.05) is 30.9 Å². The molecule has 33 heavy (non-hydrogen) atoms. The van der Waals surface area contributed by atoms with Crippen molar-refractivity contribution in [2.75, 3.05) is 24.2 Å². The smallest absolute Gasteiger partial charge is 0.243 e. The van der Waals surface area contributed by atoms with Gasteiger partial charge in [-0.1, -0.05) is 54.2 Å². The lowest BCUT2D eigenvalue weighted by Crippen LogP contribution is -2.28. The highest BCUT2D eigenvalue weighted by atomic mass is 32.2. The zero-order chi connectivity index (χ0) is 23.3. The Hall–Kier alpha value is -2.95. The molecule has 0 radical (unpaired) electrons. The second-order valence-corrected chi connectivity index (χ2v) is 10.4. The molecule has 172 valence electrons. The highest BCUT2D eigenvalue weighted by Gasteiger charge is 2.27. The van der Waals surface area contributed by atoms with Gasteiger partial charge in [-0.2, -0.15) is 4.31 Å². The Morgan fingerprint density at radius 1 is 1.09 bits per heavy atom. The van der Waals surface area contributed by atoms with E-state index in [1.807, 2.05) is 34.9 Å². The molecule has 1 N–H and O–H groups in total. The fraction of sp³-hybridized carbons (Fsp3) is 0.261. The first-order valence-electron chi connectivity index (χ1n) is 10.6. The summed E-state index contributed by atoms with van der Waals surface area (Å²) in [5.41, 5.74) is 1.37. The average molecular weight is 484 g/mol. The van der Waals surface area contributed by atoms with Crippen molar-refractivity contribution in [2.24, 2.45) is 0 Å². The van der Waals surface area contributed by atoms with E-state index >= 15 is 0 Å². The molecule has 0 unspecified atom stereocenters.